The number of para-hydroxylation sites is 1. The number of carbonyl (C=O) groups excluding carboxylic acids is 1. The van der Waals surface area contributed by atoms with Gasteiger partial charge in [-0.1, -0.05) is 18.2 Å². The number of nitrogens with one attached hydrogen (secondary N) is 1. The number of nitrogens with zero attached hydrogens (tertiary/aromatic N) is 4. The number of carbonyl (C=O) groups is 1. The standard InChI is InChI=1S/C22H29N5OS.3ClH/c1-16-12-21(18-4-2-3-5-19(18)24-16)26-8-6-25(7-9-26)17-13-20(23-14-17)22(28)27-10-11-29-15-27;;;/h2-5,12,17,20,23H,6-11,13-15H2,1H3;3*1H/t17-,20-;;;/m0.../s1. The van der Waals surface area contributed by atoms with E-state index in [0.717, 1.165) is 68.5 Å². The number of piperazine rings is 1. The molecule has 1 aromatic heterocycles. The smallest absolute Gasteiger partial charge is 0.240 e. The Bertz CT molecular complexity index is 906. The Morgan fingerprint density at radius 2 is 1.84 bits per heavy atom. The molecule has 0 saturated carbocycles. The van der Waals surface area contributed by atoms with Crippen molar-refractivity contribution in [3.8, 4) is 0 Å². The normalized spacial score (nSPS) is 23.4. The first-order valence-corrected chi connectivity index (χ1v) is 11.8. The summed E-state index contributed by atoms with van der Waals surface area (Å²) in [5.41, 5.74) is 3.45. The number of benzene rings is 1. The molecular weight excluding hydrogens is 489 g/mol. The van der Waals surface area contributed by atoms with Gasteiger partial charge in [0.1, 0.15) is 0 Å². The third-order valence-electron chi connectivity index (χ3n) is 6.46. The molecule has 0 spiro atoms. The largest absolute Gasteiger partial charge is 0.368 e. The molecule has 2 atom stereocenters. The molecule has 2 aromatic rings. The molecule has 178 valence electrons. The summed E-state index contributed by atoms with van der Waals surface area (Å²) in [6.45, 7) is 8.03. The van der Waals surface area contributed by atoms with E-state index in [1.54, 1.807) is 0 Å². The van der Waals surface area contributed by atoms with Crippen LogP contribution >= 0.6 is 49.0 Å². The Labute approximate surface area is 213 Å². The highest BCUT2D eigenvalue weighted by Crippen LogP contribution is 2.28. The predicted molar refractivity (Wildman–Crippen MR) is 141 cm³/mol. The van der Waals surface area contributed by atoms with Crippen LogP contribution in [0.1, 0.15) is 12.1 Å². The van der Waals surface area contributed by atoms with Gasteiger partial charge < -0.3 is 15.1 Å². The maximum absolute atomic E-state index is 12.7. The molecule has 0 aliphatic carbocycles. The van der Waals surface area contributed by atoms with Crippen molar-refractivity contribution in [2.75, 3.05) is 55.8 Å². The van der Waals surface area contributed by atoms with Crippen LogP contribution in [0.3, 0.4) is 0 Å². The van der Waals surface area contributed by atoms with Gasteiger partial charge in [-0.25, -0.2) is 0 Å². The summed E-state index contributed by atoms with van der Waals surface area (Å²) in [5, 5.41) is 4.73. The number of aromatic nitrogens is 1. The Morgan fingerprint density at radius 1 is 1.09 bits per heavy atom. The lowest BCUT2D eigenvalue weighted by Crippen LogP contribution is -2.51. The van der Waals surface area contributed by atoms with E-state index in [1.165, 1.54) is 11.1 Å². The number of hydrogen-bond acceptors (Lipinski definition) is 6. The van der Waals surface area contributed by atoms with E-state index in [4.69, 9.17) is 0 Å². The first kappa shape index (κ1) is 27.3. The van der Waals surface area contributed by atoms with Gasteiger partial charge in [-0.2, -0.15) is 0 Å². The average molecular weight is 521 g/mol. The van der Waals surface area contributed by atoms with Crippen LogP contribution in [0.25, 0.3) is 10.9 Å². The molecule has 10 heteroatoms. The van der Waals surface area contributed by atoms with Crippen molar-refractivity contribution < 1.29 is 4.79 Å². The molecule has 32 heavy (non-hydrogen) atoms. The number of hydrogen-bond donors (Lipinski definition) is 1. The van der Waals surface area contributed by atoms with Crippen molar-refractivity contribution in [2.45, 2.75) is 25.4 Å². The zero-order chi connectivity index (χ0) is 19.8. The lowest BCUT2D eigenvalue weighted by molar-refractivity contribution is -0.131. The Morgan fingerprint density at radius 3 is 2.56 bits per heavy atom. The molecular formula is C22H32Cl3N5OS. The summed E-state index contributed by atoms with van der Waals surface area (Å²) in [6, 6.07) is 11.1. The Balaban J connectivity index is 0.00000121. The van der Waals surface area contributed by atoms with Gasteiger partial charge in [-0.3, -0.25) is 14.7 Å². The van der Waals surface area contributed by atoms with Crippen molar-refractivity contribution >= 4 is 71.5 Å². The minimum atomic E-state index is 0. The van der Waals surface area contributed by atoms with Gasteiger partial charge in [-0.15, -0.1) is 49.0 Å². The molecule has 3 aliphatic heterocycles. The van der Waals surface area contributed by atoms with E-state index in [0.29, 0.717) is 11.9 Å². The van der Waals surface area contributed by atoms with Gasteiger partial charge in [0.05, 0.1) is 17.4 Å². The van der Waals surface area contributed by atoms with E-state index >= 15 is 0 Å². The molecule has 0 unspecified atom stereocenters. The van der Waals surface area contributed by atoms with Crippen LogP contribution in [0, 0.1) is 6.92 Å². The number of pyridine rings is 1. The lowest BCUT2D eigenvalue weighted by atomic mass is 10.1. The van der Waals surface area contributed by atoms with Crippen LogP contribution < -0.4 is 10.2 Å². The zero-order valence-electron chi connectivity index (χ0n) is 18.2. The number of aryl methyl sites for hydroxylation is 1. The summed E-state index contributed by atoms with van der Waals surface area (Å²) in [7, 11) is 0. The van der Waals surface area contributed by atoms with E-state index in [2.05, 4.69) is 57.4 Å². The van der Waals surface area contributed by atoms with Gasteiger partial charge in [0.25, 0.3) is 0 Å². The average Bonchev–Trinajstić information content (AvgIpc) is 3.45. The van der Waals surface area contributed by atoms with Crippen LogP contribution in [0.5, 0.6) is 0 Å². The number of amides is 1. The zero-order valence-corrected chi connectivity index (χ0v) is 21.5. The molecule has 3 fully saturated rings. The van der Waals surface area contributed by atoms with Crippen molar-refractivity contribution in [3.63, 3.8) is 0 Å². The summed E-state index contributed by atoms with van der Waals surface area (Å²) in [5.74, 6) is 2.24. The molecule has 1 N–H and O–H groups in total. The summed E-state index contributed by atoms with van der Waals surface area (Å²) >= 11 is 1.85. The molecule has 1 aromatic carbocycles. The van der Waals surface area contributed by atoms with Gasteiger partial charge in [0.2, 0.25) is 5.91 Å². The second kappa shape index (κ2) is 12.0. The van der Waals surface area contributed by atoms with Gasteiger partial charge in [0.15, 0.2) is 0 Å². The third-order valence-corrected chi connectivity index (χ3v) is 7.43. The minimum Gasteiger partial charge on any atom is -0.368 e. The number of anilines is 1. The number of fused-ring (bicyclic) bond motifs is 1. The SMILES string of the molecule is Cc1cc(N2CCN([C@@H]3CN[C@H](C(=O)N4CCSC4)C3)CC2)c2ccccc2n1.Cl.Cl.Cl. The van der Waals surface area contributed by atoms with Crippen molar-refractivity contribution in [1.82, 2.24) is 20.1 Å². The van der Waals surface area contributed by atoms with E-state index in [-0.39, 0.29) is 43.3 Å². The molecule has 4 heterocycles. The highest BCUT2D eigenvalue weighted by molar-refractivity contribution is 7.99. The van der Waals surface area contributed by atoms with E-state index in [9.17, 15) is 4.79 Å². The Kier molecular flexibility index (Phi) is 10.2. The van der Waals surface area contributed by atoms with Crippen molar-refractivity contribution in [1.29, 1.82) is 0 Å². The van der Waals surface area contributed by atoms with Crippen LogP contribution in [0.15, 0.2) is 30.3 Å². The minimum absolute atomic E-state index is 0. The summed E-state index contributed by atoms with van der Waals surface area (Å²) in [4.78, 5) is 24.5. The second-order valence-electron chi connectivity index (χ2n) is 8.31. The fourth-order valence-electron chi connectivity index (χ4n) is 4.87. The maximum atomic E-state index is 12.7. The fourth-order valence-corrected chi connectivity index (χ4v) is 5.82. The van der Waals surface area contributed by atoms with Crippen LogP contribution in [-0.4, -0.2) is 83.7 Å². The second-order valence-corrected chi connectivity index (χ2v) is 9.39. The van der Waals surface area contributed by atoms with Crippen LogP contribution in [-0.2, 0) is 4.79 Å². The molecule has 0 bridgehead atoms. The number of thioether (sulfide) groups is 1. The summed E-state index contributed by atoms with van der Waals surface area (Å²) in [6.07, 6.45) is 0.942. The number of rotatable bonds is 3. The first-order chi connectivity index (χ1) is 14.2. The fraction of sp³-hybridized carbons (Fsp3) is 0.545. The van der Waals surface area contributed by atoms with Crippen LogP contribution in [0.4, 0.5) is 5.69 Å². The highest BCUT2D eigenvalue weighted by Gasteiger charge is 2.36. The van der Waals surface area contributed by atoms with E-state index in [1.807, 2.05) is 16.7 Å². The molecule has 3 saturated heterocycles. The molecule has 6 nitrogen and oxygen atoms in total. The first-order valence-electron chi connectivity index (χ1n) is 10.6. The van der Waals surface area contributed by atoms with Crippen molar-refractivity contribution in [3.05, 3.63) is 36.0 Å². The molecule has 3 aliphatic rings. The predicted octanol–water partition coefficient (Wildman–Crippen LogP) is 3.19. The maximum Gasteiger partial charge on any atom is 0.240 e. The Hall–Kier alpha value is -0.960. The van der Waals surface area contributed by atoms with Crippen LogP contribution in [0.2, 0.25) is 0 Å². The van der Waals surface area contributed by atoms with Gasteiger partial charge in [0, 0.05) is 67.8 Å². The molecule has 0 radical (unpaired) electrons. The molecule has 1 amide bonds. The summed E-state index contributed by atoms with van der Waals surface area (Å²) < 4.78 is 0. The lowest BCUT2D eigenvalue weighted by Gasteiger charge is -2.39. The third kappa shape index (κ3) is 5.57. The highest BCUT2D eigenvalue weighted by atomic mass is 35.5. The van der Waals surface area contributed by atoms with Gasteiger partial charge in [-0.05, 0) is 25.5 Å². The molecule has 5 rings (SSSR count). The quantitative estimate of drug-likeness (QED) is 0.671. The van der Waals surface area contributed by atoms with Gasteiger partial charge >= 0.3 is 0 Å². The monoisotopic (exact) mass is 519 g/mol. The topological polar surface area (TPSA) is 51.7 Å². The number of halogens is 3. The van der Waals surface area contributed by atoms with E-state index < -0.39 is 0 Å². The van der Waals surface area contributed by atoms with Crippen molar-refractivity contribution in [2.24, 2.45) is 0 Å².